The standard InChI is InChI=1S/C34H52N2.C14H22O2.Ni/c1-4-7-10-12-14-16-18-30-21-25-32(26-22-30)35-29-34(20-9-6-3)36-33-27-23-31(24-28-33)19-17-15-13-11-8-5-2;1-4-6-7-8-11-9-13(15)14(16)10(3)12(11)5-2;/h21-29H,4-20H2,1-3H3;9,15-16H,4-8H2,1-3H3;/q;;+2/p-2. The topological polar surface area (TPSA) is 70.8 Å². The molecule has 0 spiro atoms. The monoisotopic (exact) mass is 766 g/mol. The summed E-state index contributed by atoms with van der Waals surface area (Å²) in [5, 5.41) is 23.0. The van der Waals surface area contributed by atoms with Gasteiger partial charge in [-0.2, -0.15) is 0 Å². The molecule has 4 nitrogen and oxygen atoms in total. The number of aryl methyl sites for hydroxylation is 3. The molecule has 0 aliphatic rings. The molecule has 0 bridgehead atoms. The number of rotatable bonds is 25. The number of benzene rings is 3. The van der Waals surface area contributed by atoms with Gasteiger partial charge in [0.2, 0.25) is 0 Å². The van der Waals surface area contributed by atoms with Crippen molar-refractivity contribution in [3.05, 3.63) is 82.4 Å². The summed E-state index contributed by atoms with van der Waals surface area (Å²) in [5.41, 5.74) is 8.78. The summed E-state index contributed by atoms with van der Waals surface area (Å²) in [4.78, 5) is 9.70. The predicted octanol–water partition coefficient (Wildman–Crippen LogP) is 13.6. The average Bonchev–Trinajstić information content (AvgIpc) is 3.16. The van der Waals surface area contributed by atoms with Crippen LogP contribution in [-0.2, 0) is 42.2 Å². The van der Waals surface area contributed by atoms with Crippen molar-refractivity contribution < 1.29 is 26.7 Å². The van der Waals surface area contributed by atoms with Crippen molar-refractivity contribution in [2.75, 3.05) is 0 Å². The van der Waals surface area contributed by atoms with Crippen molar-refractivity contribution in [1.29, 1.82) is 0 Å². The van der Waals surface area contributed by atoms with Crippen molar-refractivity contribution in [1.82, 2.24) is 0 Å². The third-order valence-electron chi connectivity index (χ3n) is 10.0. The van der Waals surface area contributed by atoms with Gasteiger partial charge < -0.3 is 10.2 Å². The Labute approximate surface area is 335 Å². The van der Waals surface area contributed by atoms with Gasteiger partial charge in [0, 0.05) is 6.21 Å². The van der Waals surface area contributed by atoms with E-state index >= 15 is 0 Å². The van der Waals surface area contributed by atoms with Crippen molar-refractivity contribution in [2.24, 2.45) is 9.98 Å². The summed E-state index contributed by atoms with van der Waals surface area (Å²) in [5.74, 6) is -0.669. The van der Waals surface area contributed by atoms with Crippen molar-refractivity contribution in [3.8, 4) is 11.5 Å². The quantitative estimate of drug-likeness (QED) is 0.0489. The van der Waals surface area contributed by atoms with Gasteiger partial charge in [-0.15, -0.1) is 11.5 Å². The van der Waals surface area contributed by atoms with Crippen LogP contribution in [0.5, 0.6) is 11.5 Å². The number of nitrogens with zero attached hydrogens (tertiary/aromatic N) is 2. The number of hydrogen-bond acceptors (Lipinski definition) is 4. The molecule has 0 aliphatic carbocycles. The fourth-order valence-corrected chi connectivity index (χ4v) is 6.68. The summed E-state index contributed by atoms with van der Waals surface area (Å²) in [7, 11) is 0. The molecule has 5 heteroatoms. The first-order valence-electron chi connectivity index (χ1n) is 21.1. The Bertz CT molecular complexity index is 1410. The summed E-state index contributed by atoms with van der Waals surface area (Å²) in [6.07, 6.45) is 29.0. The van der Waals surface area contributed by atoms with Crippen LogP contribution in [0.1, 0.15) is 178 Å². The summed E-state index contributed by atoms with van der Waals surface area (Å²) >= 11 is 0. The minimum absolute atomic E-state index is 0. The first-order valence-corrected chi connectivity index (χ1v) is 21.1. The van der Waals surface area contributed by atoms with E-state index < -0.39 is 0 Å². The van der Waals surface area contributed by atoms with E-state index in [9.17, 15) is 10.2 Å². The maximum Gasteiger partial charge on any atom is 2.00 e. The molecule has 0 atom stereocenters. The molecule has 0 N–H and O–H groups in total. The normalized spacial score (nSPS) is 11.4. The van der Waals surface area contributed by atoms with Crippen LogP contribution in [0, 0.1) is 6.92 Å². The van der Waals surface area contributed by atoms with E-state index in [1.54, 1.807) is 13.0 Å². The van der Waals surface area contributed by atoms with Crippen LogP contribution < -0.4 is 10.2 Å². The van der Waals surface area contributed by atoms with E-state index in [4.69, 9.17) is 9.98 Å². The maximum atomic E-state index is 11.5. The molecular weight excluding hydrogens is 695 g/mol. The summed E-state index contributed by atoms with van der Waals surface area (Å²) < 4.78 is 0. The molecule has 0 aliphatic heterocycles. The molecular formula is C48H72N2NiO2. The van der Waals surface area contributed by atoms with Gasteiger partial charge in [0.25, 0.3) is 0 Å². The third kappa shape index (κ3) is 20.4. The van der Waals surface area contributed by atoms with Crippen LogP contribution in [0.4, 0.5) is 11.4 Å². The minimum atomic E-state index is -0.346. The van der Waals surface area contributed by atoms with Crippen LogP contribution in [0.2, 0.25) is 0 Å². The fraction of sp³-hybridized carbons (Fsp3) is 0.583. The van der Waals surface area contributed by atoms with Gasteiger partial charge in [-0.05, 0) is 111 Å². The van der Waals surface area contributed by atoms with Crippen LogP contribution in [0.3, 0.4) is 0 Å². The van der Waals surface area contributed by atoms with Gasteiger partial charge in [-0.3, -0.25) is 9.98 Å². The summed E-state index contributed by atoms with van der Waals surface area (Å²) in [6, 6.07) is 19.2. The molecule has 3 aromatic carbocycles. The smallest absolute Gasteiger partial charge is 0.873 e. The zero-order valence-corrected chi connectivity index (χ0v) is 35.3. The van der Waals surface area contributed by atoms with Crippen LogP contribution in [-0.4, -0.2) is 11.9 Å². The number of unbranched alkanes of at least 4 members (excludes halogenated alkanes) is 13. The Balaban J connectivity index is 0.000000691. The molecule has 0 fully saturated rings. The molecule has 296 valence electrons. The number of aliphatic imine (C=N–C) groups is 2. The molecule has 0 radical (unpaired) electrons. The Morgan fingerprint density at radius 3 is 1.53 bits per heavy atom. The Morgan fingerprint density at radius 2 is 1.02 bits per heavy atom. The van der Waals surface area contributed by atoms with Crippen LogP contribution in [0.15, 0.2) is 64.6 Å². The first-order chi connectivity index (χ1) is 25.4. The molecule has 53 heavy (non-hydrogen) atoms. The van der Waals surface area contributed by atoms with E-state index in [1.165, 1.54) is 114 Å². The molecule has 0 amide bonds. The first kappa shape index (κ1) is 48.1. The fourth-order valence-electron chi connectivity index (χ4n) is 6.68. The van der Waals surface area contributed by atoms with Crippen LogP contribution >= 0.6 is 0 Å². The molecule has 3 rings (SSSR count). The van der Waals surface area contributed by atoms with Gasteiger partial charge in [0.1, 0.15) is 0 Å². The van der Waals surface area contributed by atoms with Gasteiger partial charge in [-0.1, -0.05) is 154 Å². The SMILES string of the molecule is CCCCCCCCc1ccc(N=CC(CCCC)=Nc2ccc(CCCCCCCC)cc2)cc1.CCCCCc1cc([O-])c([O-])c(C)c1CC.[Ni+2]. The maximum absolute atomic E-state index is 11.5. The molecule has 0 unspecified atom stereocenters. The van der Waals surface area contributed by atoms with E-state index in [1.807, 2.05) is 13.1 Å². The van der Waals surface area contributed by atoms with Crippen molar-refractivity contribution in [2.45, 2.75) is 183 Å². The van der Waals surface area contributed by atoms with E-state index in [-0.39, 0.29) is 28.0 Å². The van der Waals surface area contributed by atoms with E-state index in [2.05, 4.69) is 76.2 Å². The van der Waals surface area contributed by atoms with Gasteiger partial charge in [-0.25, -0.2) is 0 Å². The molecule has 0 aromatic heterocycles. The molecule has 0 heterocycles. The summed E-state index contributed by atoms with van der Waals surface area (Å²) in [6.45, 7) is 12.7. The van der Waals surface area contributed by atoms with Crippen molar-refractivity contribution >= 4 is 23.3 Å². The molecule has 3 aromatic rings. The Hall–Kier alpha value is -2.91. The molecule has 0 saturated carbocycles. The van der Waals surface area contributed by atoms with E-state index in [0.29, 0.717) is 5.56 Å². The Kier molecular flexibility index (Phi) is 27.6. The zero-order valence-electron chi connectivity index (χ0n) is 34.4. The minimum Gasteiger partial charge on any atom is -0.873 e. The van der Waals surface area contributed by atoms with Crippen LogP contribution in [0.25, 0.3) is 0 Å². The predicted molar refractivity (Wildman–Crippen MR) is 224 cm³/mol. The van der Waals surface area contributed by atoms with Gasteiger partial charge in [0.05, 0.1) is 17.1 Å². The second kappa shape index (κ2) is 30.4. The Morgan fingerprint density at radius 1 is 0.566 bits per heavy atom. The average molecular weight is 768 g/mol. The zero-order chi connectivity index (χ0) is 37.8. The van der Waals surface area contributed by atoms with Gasteiger partial charge in [0.15, 0.2) is 0 Å². The second-order valence-corrected chi connectivity index (χ2v) is 14.6. The molecule has 0 saturated heterocycles. The van der Waals surface area contributed by atoms with Crippen molar-refractivity contribution in [3.63, 3.8) is 0 Å². The number of hydrogen-bond donors (Lipinski definition) is 0. The largest absolute Gasteiger partial charge is 2.00 e. The second-order valence-electron chi connectivity index (χ2n) is 14.6. The third-order valence-corrected chi connectivity index (χ3v) is 10.0. The van der Waals surface area contributed by atoms with E-state index in [0.717, 1.165) is 66.7 Å². The van der Waals surface area contributed by atoms with Gasteiger partial charge >= 0.3 is 16.5 Å².